The Bertz CT molecular complexity index is 757. The first-order chi connectivity index (χ1) is 12.4. The molecule has 0 saturated heterocycles. The zero-order chi connectivity index (χ0) is 19.2. The summed E-state index contributed by atoms with van der Waals surface area (Å²) in [5, 5.41) is 3.01. The largest absolute Gasteiger partial charge is 0.493 e. The molecule has 0 aliphatic heterocycles. The molecule has 0 bridgehead atoms. The Balaban J connectivity index is 2.17. The van der Waals surface area contributed by atoms with Gasteiger partial charge in [-0.25, -0.2) is 0 Å². The highest BCUT2D eigenvalue weighted by atomic mass is 16.5. The molecule has 0 atom stereocenters. The summed E-state index contributed by atoms with van der Waals surface area (Å²) in [6.45, 7) is 3.93. The van der Waals surface area contributed by atoms with Crippen LogP contribution < -0.4 is 19.5 Å². The van der Waals surface area contributed by atoms with Gasteiger partial charge in [-0.1, -0.05) is 30.3 Å². The zero-order valence-corrected chi connectivity index (χ0v) is 15.8. The standard InChI is InChI=1S/C21H25NO4/c1-21(2,16-9-7-6-8-10-16)22-19(23)12-11-15-13-17(24-3)20(26-5)18(14-15)25-4/h6-14H,1-5H3,(H,22,23)/b12-11+. The molecule has 0 radical (unpaired) electrons. The molecule has 0 fully saturated rings. The van der Waals surface area contributed by atoms with Crippen molar-refractivity contribution in [3.63, 3.8) is 0 Å². The molecule has 1 amide bonds. The van der Waals surface area contributed by atoms with Gasteiger partial charge in [0, 0.05) is 6.08 Å². The van der Waals surface area contributed by atoms with Crippen molar-refractivity contribution in [2.75, 3.05) is 21.3 Å². The van der Waals surface area contributed by atoms with Crippen LogP contribution in [0.5, 0.6) is 17.2 Å². The highest BCUT2D eigenvalue weighted by Crippen LogP contribution is 2.38. The van der Waals surface area contributed by atoms with E-state index in [4.69, 9.17) is 14.2 Å². The molecule has 0 saturated carbocycles. The second-order valence-corrected chi connectivity index (χ2v) is 6.27. The molecule has 138 valence electrons. The van der Waals surface area contributed by atoms with E-state index in [-0.39, 0.29) is 5.91 Å². The lowest BCUT2D eigenvalue weighted by Gasteiger charge is -2.26. The Morgan fingerprint density at radius 2 is 1.54 bits per heavy atom. The monoisotopic (exact) mass is 355 g/mol. The summed E-state index contributed by atoms with van der Waals surface area (Å²) in [5.41, 5.74) is 1.33. The van der Waals surface area contributed by atoms with E-state index < -0.39 is 5.54 Å². The number of hydrogen-bond acceptors (Lipinski definition) is 4. The van der Waals surface area contributed by atoms with Crippen LogP contribution in [0.25, 0.3) is 6.08 Å². The van der Waals surface area contributed by atoms with Crippen LogP contribution in [-0.4, -0.2) is 27.2 Å². The third-order valence-electron chi connectivity index (χ3n) is 4.05. The third-order valence-corrected chi connectivity index (χ3v) is 4.05. The normalized spacial score (nSPS) is 11.3. The summed E-state index contributed by atoms with van der Waals surface area (Å²) in [4.78, 5) is 12.4. The van der Waals surface area contributed by atoms with Crippen LogP contribution in [0, 0.1) is 0 Å². The van der Waals surface area contributed by atoms with E-state index in [0.717, 1.165) is 11.1 Å². The molecule has 26 heavy (non-hydrogen) atoms. The third kappa shape index (κ3) is 4.57. The van der Waals surface area contributed by atoms with E-state index in [2.05, 4.69) is 5.32 Å². The van der Waals surface area contributed by atoms with Crippen LogP contribution in [-0.2, 0) is 10.3 Å². The second-order valence-electron chi connectivity index (χ2n) is 6.27. The van der Waals surface area contributed by atoms with Crippen molar-refractivity contribution in [3.8, 4) is 17.2 Å². The lowest BCUT2D eigenvalue weighted by atomic mass is 9.94. The van der Waals surface area contributed by atoms with Gasteiger partial charge in [-0.3, -0.25) is 4.79 Å². The Hall–Kier alpha value is -2.95. The number of nitrogens with one attached hydrogen (secondary N) is 1. The van der Waals surface area contributed by atoms with E-state index in [1.54, 1.807) is 39.5 Å². The Morgan fingerprint density at radius 1 is 0.962 bits per heavy atom. The number of carbonyl (C=O) groups excluding carboxylic acids is 1. The summed E-state index contributed by atoms with van der Waals surface area (Å²) >= 11 is 0. The SMILES string of the molecule is COc1cc(/C=C/C(=O)NC(C)(C)c2ccccc2)cc(OC)c1OC. The summed E-state index contributed by atoms with van der Waals surface area (Å²) < 4.78 is 16.0. The van der Waals surface area contributed by atoms with Crippen molar-refractivity contribution in [2.24, 2.45) is 0 Å². The average molecular weight is 355 g/mol. The number of ether oxygens (including phenoxy) is 3. The number of carbonyl (C=O) groups is 1. The fourth-order valence-corrected chi connectivity index (χ4v) is 2.65. The molecule has 0 heterocycles. The van der Waals surface area contributed by atoms with Gasteiger partial charge in [0.15, 0.2) is 11.5 Å². The van der Waals surface area contributed by atoms with Gasteiger partial charge in [0.2, 0.25) is 11.7 Å². The van der Waals surface area contributed by atoms with Gasteiger partial charge < -0.3 is 19.5 Å². The maximum atomic E-state index is 12.4. The molecular formula is C21H25NO4. The molecule has 0 spiro atoms. The average Bonchev–Trinajstić information content (AvgIpc) is 2.65. The van der Waals surface area contributed by atoms with Gasteiger partial charge in [-0.05, 0) is 43.2 Å². The summed E-state index contributed by atoms with van der Waals surface area (Å²) in [6, 6.07) is 13.4. The number of methoxy groups -OCH3 is 3. The Labute approximate surface area is 154 Å². The molecule has 1 N–H and O–H groups in total. The van der Waals surface area contributed by atoms with Crippen molar-refractivity contribution < 1.29 is 19.0 Å². The lowest BCUT2D eigenvalue weighted by molar-refractivity contribution is -0.118. The van der Waals surface area contributed by atoms with Crippen molar-refractivity contribution >= 4 is 12.0 Å². The zero-order valence-electron chi connectivity index (χ0n) is 15.8. The van der Waals surface area contributed by atoms with Crippen molar-refractivity contribution in [2.45, 2.75) is 19.4 Å². The van der Waals surface area contributed by atoms with Gasteiger partial charge in [0.25, 0.3) is 0 Å². The number of rotatable bonds is 7. The number of amides is 1. The topological polar surface area (TPSA) is 56.8 Å². The molecular weight excluding hydrogens is 330 g/mol. The minimum Gasteiger partial charge on any atom is -0.493 e. The summed E-state index contributed by atoms with van der Waals surface area (Å²) in [6.07, 6.45) is 3.20. The fourth-order valence-electron chi connectivity index (χ4n) is 2.65. The molecule has 0 unspecified atom stereocenters. The molecule has 2 rings (SSSR count). The number of benzene rings is 2. The van der Waals surface area contributed by atoms with E-state index in [1.807, 2.05) is 44.2 Å². The predicted molar refractivity (Wildman–Crippen MR) is 103 cm³/mol. The second kappa shape index (κ2) is 8.43. The molecule has 0 aliphatic rings. The van der Waals surface area contributed by atoms with Crippen molar-refractivity contribution in [1.82, 2.24) is 5.32 Å². The maximum absolute atomic E-state index is 12.4. The molecule has 5 nitrogen and oxygen atoms in total. The first-order valence-corrected chi connectivity index (χ1v) is 8.27. The minimum atomic E-state index is -0.474. The quantitative estimate of drug-likeness (QED) is 0.768. The van der Waals surface area contributed by atoms with Gasteiger partial charge in [0.1, 0.15) is 0 Å². The van der Waals surface area contributed by atoms with Crippen LogP contribution in [0.2, 0.25) is 0 Å². The smallest absolute Gasteiger partial charge is 0.244 e. The van der Waals surface area contributed by atoms with Crippen molar-refractivity contribution in [1.29, 1.82) is 0 Å². The first kappa shape index (κ1) is 19.4. The van der Waals surface area contributed by atoms with Crippen molar-refractivity contribution in [3.05, 3.63) is 59.7 Å². The van der Waals surface area contributed by atoms with Gasteiger partial charge in [-0.15, -0.1) is 0 Å². The fraction of sp³-hybridized carbons (Fsp3) is 0.286. The number of hydrogen-bond donors (Lipinski definition) is 1. The highest BCUT2D eigenvalue weighted by molar-refractivity contribution is 5.92. The van der Waals surface area contributed by atoms with E-state index in [1.165, 1.54) is 6.08 Å². The van der Waals surface area contributed by atoms with Crippen LogP contribution >= 0.6 is 0 Å². The molecule has 2 aromatic carbocycles. The van der Waals surface area contributed by atoms with Crippen LogP contribution in [0.1, 0.15) is 25.0 Å². The molecule has 0 aliphatic carbocycles. The molecule has 2 aromatic rings. The maximum Gasteiger partial charge on any atom is 0.244 e. The summed E-state index contributed by atoms with van der Waals surface area (Å²) in [7, 11) is 4.66. The molecule has 5 heteroatoms. The highest BCUT2D eigenvalue weighted by Gasteiger charge is 2.21. The Kier molecular flexibility index (Phi) is 6.28. The van der Waals surface area contributed by atoms with Crippen LogP contribution in [0.3, 0.4) is 0 Å². The predicted octanol–water partition coefficient (Wildman–Crippen LogP) is 3.78. The van der Waals surface area contributed by atoms with Gasteiger partial charge in [-0.2, -0.15) is 0 Å². The van der Waals surface area contributed by atoms with Gasteiger partial charge >= 0.3 is 0 Å². The minimum absolute atomic E-state index is 0.187. The van der Waals surface area contributed by atoms with E-state index >= 15 is 0 Å². The van der Waals surface area contributed by atoms with E-state index in [9.17, 15) is 4.79 Å². The Morgan fingerprint density at radius 3 is 2.04 bits per heavy atom. The molecule has 0 aromatic heterocycles. The van der Waals surface area contributed by atoms with E-state index in [0.29, 0.717) is 17.2 Å². The van der Waals surface area contributed by atoms with Crippen LogP contribution in [0.15, 0.2) is 48.5 Å². The first-order valence-electron chi connectivity index (χ1n) is 8.27. The lowest BCUT2D eigenvalue weighted by Crippen LogP contribution is -2.40. The van der Waals surface area contributed by atoms with Gasteiger partial charge in [0.05, 0.1) is 26.9 Å². The van der Waals surface area contributed by atoms with Crippen LogP contribution in [0.4, 0.5) is 0 Å². The summed E-state index contributed by atoms with van der Waals surface area (Å²) in [5.74, 6) is 1.41.